The van der Waals surface area contributed by atoms with E-state index in [2.05, 4.69) is 10.0 Å². The van der Waals surface area contributed by atoms with Crippen molar-refractivity contribution in [1.82, 2.24) is 4.72 Å². The van der Waals surface area contributed by atoms with Crippen molar-refractivity contribution in [3.8, 4) is 5.75 Å². The highest BCUT2D eigenvalue weighted by atomic mass is 35.5. The summed E-state index contributed by atoms with van der Waals surface area (Å²) in [4.78, 5) is 12.0. The van der Waals surface area contributed by atoms with Crippen molar-refractivity contribution >= 4 is 44.8 Å². The Balaban J connectivity index is 1.81. The molecule has 0 saturated carbocycles. The molecule has 3 rings (SSSR count). The van der Waals surface area contributed by atoms with Crippen LogP contribution in [0.15, 0.2) is 65.6 Å². The number of carbonyl (C=O) groups is 1. The minimum atomic E-state index is -4.26. The van der Waals surface area contributed by atoms with Gasteiger partial charge in [-0.25, -0.2) is 17.5 Å². The van der Waals surface area contributed by atoms with E-state index in [4.69, 9.17) is 27.9 Å². The SMILES string of the molecule is CCOc1ccccc1NC(=O)c1ccc(F)c(S(=O)(=O)NCc2ccc(Cl)c(Cl)c2)c1. The fraction of sp³-hybridized carbons (Fsp3) is 0.136. The van der Waals surface area contributed by atoms with E-state index in [1.165, 1.54) is 18.2 Å². The fourth-order valence-electron chi connectivity index (χ4n) is 2.80. The molecule has 10 heteroatoms. The van der Waals surface area contributed by atoms with Crippen LogP contribution in [-0.4, -0.2) is 20.9 Å². The minimum absolute atomic E-state index is 0.0346. The molecule has 0 radical (unpaired) electrons. The lowest BCUT2D eigenvalue weighted by molar-refractivity contribution is 0.102. The summed E-state index contributed by atoms with van der Waals surface area (Å²) in [5.41, 5.74) is 0.906. The zero-order valence-corrected chi connectivity index (χ0v) is 19.2. The van der Waals surface area contributed by atoms with E-state index in [-0.39, 0.29) is 17.1 Å². The standard InChI is InChI=1S/C22H19Cl2FN2O4S/c1-2-31-20-6-4-3-5-19(20)27-22(28)15-8-10-18(25)21(12-15)32(29,30)26-13-14-7-9-16(23)17(24)11-14/h3-12,26H,2,13H2,1H3,(H,27,28). The number of hydrogen-bond acceptors (Lipinski definition) is 4. The summed E-state index contributed by atoms with van der Waals surface area (Å²) in [7, 11) is -4.26. The van der Waals surface area contributed by atoms with Crippen LogP contribution in [0.5, 0.6) is 5.75 Å². The molecule has 6 nitrogen and oxygen atoms in total. The Morgan fingerprint density at radius 3 is 2.50 bits per heavy atom. The number of nitrogens with one attached hydrogen (secondary N) is 2. The summed E-state index contributed by atoms with van der Waals surface area (Å²) >= 11 is 11.8. The number of halogens is 3. The Bertz CT molecular complexity index is 1250. The van der Waals surface area contributed by atoms with Crippen molar-refractivity contribution in [3.63, 3.8) is 0 Å². The molecule has 0 unspecified atom stereocenters. The molecule has 0 spiro atoms. The minimum Gasteiger partial charge on any atom is -0.492 e. The summed E-state index contributed by atoms with van der Waals surface area (Å²) in [6, 6.07) is 14.5. The third-order valence-corrected chi connectivity index (χ3v) is 6.52. The number of benzene rings is 3. The Labute approximate surface area is 195 Å². The quantitative estimate of drug-likeness (QED) is 0.445. The lowest BCUT2D eigenvalue weighted by Crippen LogP contribution is -2.25. The van der Waals surface area contributed by atoms with Crippen LogP contribution in [0.25, 0.3) is 0 Å². The van der Waals surface area contributed by atoms with E-state index in [9.17, 15) is 17.6 Å². The van der Waals surface area contributed by atoms with Crippen molar-refractivity contribution in [1.29, 1.82) is 0 Å². The average Bonchev–Trinajstić information content (AvgIpc) is 2.76. The Morgan fingerprint density at radius 2 is 1.78 bits per heavy atom. The summed E-state index contributed by atoms with van der Waals surface area (Å²) in [5.74, 6) is -1.14. The zero-order valence-electron chi connectivity index (χ0n) is 16.9. The van der Waals surface area contributed by atoms with Gasteiger partial charge >= 0.3 is 0 Å². The molecule has 0 aliphatic heterocycles. The predicted octanol–water partition coefficient (Wildman–Crippen LogP) is 5.26. The number of anilines is 1. The highest BCUT2D eigenvalue weighted by Gasteiger charge is 2.22. The van der Waals surface area contributed by atoms with E-state index < -0.39 is 26.6 Å². The molecule has 0 atom stereocenters. The smallest absolute Gasteiger partial charge is 0.255 e. The van der Waals surface area contributed by atoms with Crippen LogP contribution >= 0.6 is 23.2 Å². The van der Waals surface area contributed by atoms with Gasteiger partial charge in [0.15, 0.2) is 0 Å². The second-order valence-electron chi connectivity index (χ2n) is 6.60. The van der Waals surface area contributed by atoms with Gasteiger partial charge in [-0.05, 0) is 55.0 Å². The monoisotopic (exact) mass is 496 g/mol. The van der Waals surface area contributed by atoms with Gasteiger partial charge in [0.05, 0.1) is 22.3 Å². The maximum absolute atomic E-state index is 14.4. The highest BCUT2D eigenvalue weighted by molar-refractivity contribution is 7.89. The lowest BCUT2D eigenvalue weighted by atomic mass is 10.2. The molecule has 0 saturated heterocycles. The van der Waals surface area contributed by atoms with Crippen molar-refractivity contribution in [2.24, 2.45) is 0 Å². The van der Waals surface area contributed by atoms with Gasteiger partial charge in [0.25, 0.3) is 5.91 Å². The molecule has 0 fully saturated rings. The molecular formula is C22H19Cl2FN2O4S. The fourth-order valence-corrected chi connectivity index (χ4v) is 4.24. The second-order valence-corrected chi connectivity index (χ2v) is 9.15. The zero-order chi connectivity index (χ0) is 23.3. The maximum atomic E-state index is 14.4. The molecule has 0 aliphatic carbocycles. The van der Waals surface area contributed by atoms with Gasteiger partial charge < -0.3 is 10.1 Å². The van der Waals surface area contributed by atoms with Crippen molar-refractivity contribution in [3.05, 3.63) is 87.7 Å². The molecule has 3 aromatic carbocycles. The van der Waals surface area contributed by atoms with E-state index in [0.717, 1.165) is 12.1 Å². The maximum Gasteiger partial charge on any atom is 0.255 e. The van der Waals surface area contributed by atoms with E-state index in [0.29, 0.717) is 28.6 Å². The lowest BCUT2D eigenvalue weighted by Gasteiger charge is -2.12. The second kappa shape index (κ2) is 10.3. The first-order valence-electron chi connectivity index (χ1n) is 9.47. The van der Waals surface area contributed by atoms with E-state index in [1.54, 1.807) is 37.3 Å². The van der Waals surface area contributed by atoms with E-state index >= 15 is 0 Å². The largest absolute Gasteiger partial charge is 0.492 e. The summed E-state index contributed by atoms with van der Waals surface area (Å²) < 4.78 is 47.5. The van der Waals surface area contributed by atoms with Crippen LogP contribution in [0.2, 0.25) is 10.0 Å². The Morgan fingerprint density at radius 1 is 1.03 bits per heavy atom. The van der Waals surface area contributed by atoms with Gasteiger partial charge in [-0.15, -0.1) is 0 Å². The van der Waals surface area contributed by atoms with Crippen LogP contribution in [0.4, 0.5) is 10.1 Å². The third-order valence-electron chi connectivity index (χ3n) is 4.37. The predicted molar refractivity (Wildman–Crippen MR) is 122 cm³/mol. The van der Waals surface area contributed by atoms with Gasteiger partial charge in [-0.1, -0.05) is 41.4 Å². The number of para-hydroxylation sites is 2. The normalized spacial score (nSPS) is 11.2. The molecule has 3 aromatic rings. The number of rotatable bonds is 8. The molecule has 1 amide bonds. The van der Waals surface area contributed by atoms with Gasteiger partial charge in [0, 0.05) is 12.1 Å². The number of carbonyl (C=O) groups excluding carboxylic acids is 1. The molecule has 0 heterocycles. The van der Waals surface area contributed by atoms with Crippen LogP contribution in [0, 0.1) is 5.82 Å². The van der Waals surface area contributed by atoms with Crippen LogP contribution < -0.4 is 14.8 Å². The first kappa shape index (κ1) is 24.0. The molecule has 0 aromatic heterocycles. The molecule has 0 bridgehead atoms. The van der Waals surface area contributed by atoms with Crippen LogP contribution in [0.3, 0.4) is 0 Å². The molecular weight excluding hydrogens is 478 g/mol. The number of hydrogen-bond donors (Lipinski definition) is 2. The first-order valence-corrected chi connectivity index (χ1v) is 11.7. The van der Waals surface area contributed by atoms with E-state index in [1.807, 2.05) is 0 Å². The highest BCUT2D eigenvalue weighted by Crippen LogP contribution is 2.26. The Hall–Kier alpha value is -2.65. The average molecular weight is 497 g/mol. The van der Waals surface area contributed by atoms with Crippen LogP contribution in [-0.2, 0) is 16.6 Å². The molecule has 32 heavy (non-hydrogen) atoms. The molecule has 0 aliphatic rings. The summed E-state index contributed by atoms with van der Waals surface area (Å²) in [6.45, 7) is 2.06. The van der Waals surface area contributed by atoms with Crippen molar-refractivity contribution in [2.75, 3.05) is 11.9 Å². The topological polar surface area (TPSA) is 84.5 Å². The molecule has 2 N–H and O–H groups in total. The summed E-state index contributed by atoms with van der Waals surface area (Å²) in [5, 5.41) is 3.24. The summed E-state index contributed by atoms with van der Waals surface area (Å²) in [6.07, 6.45) is 0. The molecule has 168 valence electrons. The van der Waals surface area contributed by atoms with Crippen molar-refractivity contribution in [2.45, 2.75) is 18.4 Å². The number of amides is 1. The van der Waals surface area contributed by atoms with Gasteiger partial charge in [-0.2, -0.15) is 0 Å². The number of sulfonamides is 1. The Kier molecular flexibility index (Phi) is 7.73. The van der Waals surface area contributed by atoms with Crippen molar-refractivity contribution < 1.29 is 22.3 Å². The first-order chi connectivity index (χ1) is 15.2. The third kappa shape index (κ3) is 5.77. The van der Waals surface area contributed by atoms with Crippen LogP contribution in [0.1, 0.15) is 22.8 Å². The van der Waals surface area contributed by atoms with Gasteiger partial charge in [0.2, 0.25) is 10.0 Å². The number of ether oxygens (including phenoxy) is 1. The van der Waals surface area contributed by atoms with Gasteiger partial charge in [0.1, 0.15) is 16.5 Å². The van der Waals surface area contributed by atoms with Gasteiger partial charge in [-0.3, -0.25) is 4.79 Å².